The van der Waals surface area contributed by atoms with Gasteiger partial charge in [0.2, 0.25) is 0 Å². The van der Waals surface area contributed by atoms with Crippen LogP contribution in [0.3, 0.4) is 0 Å². The Bertz CT molecular complexity index is 1780. The van der Waals surface area contributed by atoms with Gasteiger partial charge in [-0.15, -0.1) is 0 Å². The number of imidazole rings is 2. The third-order valence-electron chi connectivity index (χ3n) is 6.38. The lowest BCUT2D eigenvalue weighted by Crippen LogP contribution is -2.04. The molecule has 7 nitrogen and oxygen atoms in total. The molecule has 4 aromatic carbocycles. The van der Waals surface area contributed by atoms with E-state index in [0.29, 0.717) is 23.8 Å². The van der Waals surface area contributed by atoms with Gasteiger partial charge in [0.25, 0.3) is 0 Å². The Kier molecular flexibility index (Phi) is 9.99. The van der Waals surface area contributed by atoms with Crippen molar-refractivity contribution in [3.05, 3.63) is 142 Å². The fourth-order valence-electron chi connectivity index (χ4n) is 4.37. The number of esters is 1. The van der Waals surface area contributed by atoms with Crippen molar-refractivity contribution < 1.29 is 14.6 Å². The quantitative estimate of drug-likeness (QED) is 0.170. The molecule has 0 radical (unpaired) electrons. The molecule has 0 aliphatic heterocycles. The summed E-state index contributed by atoms with van der Waals surface area (Å²) in [5.41, 5.74) is 4.86. The molecule has 0 saturated heterocycles. The van der Waals surface area contributed by atoms with Crippen LogP contribution < -0.4 is 0 Å². The van der Waals surface area contributed by atoms with Crippen LogP contribution in [0.5, 0.6) is 0 Å². The number of ether oxygens (including phenoxy) is 1. The summed E-state index contributed by atoms with van der Waals surface area (Å²) in [6.45, 7) is 2.04. The van der Waals surface area contributed by atoms with E-state index in [1.165, 1.54) is 0 Å². The molecule has 9 heteroatoms. The Morgan fingerprint density at radius 2 is 1.16 bits per heavy atom. The minimum Gasteiger partial charge on any atom is -0.461 e. The van der Waals surface area contributed by atoms with E-state index in [9.17, 15) is 9.90 Å². The summed E-state index contributed by atoms with van der Waals surface area (Å²) in [6, 6.07) is 35.6. The van der Waals surface area contributed by atoms with Crippen molar-refractivity contribution in [2.24, 2.45) is 0 Å². The minimum absolute atomic E-state index is 0.0661. The molecule has 0 amide bonds. The molecule has 0 fully saturated rings. The lowest BCUT2D eigenvalue weighted by molar-refractivity contribution is 0.0520. The summed E-state index contributed by atoms with van der Waals surface area (Å²) >= 11 is 6.87. The summed E-state index contributed by atoms with van der Waals surface area (Å²) in [7, 11) is 0. The van der Waals surface area contributed by atoms with Crippen LogP contribution in [0.1, 0.15) is 23.1 Å². The van der Waals surface area contributed by atoms with Crippen LogP contribution in [0.25, 0.3) is 34.2 Å². The molecule has 2 heterocycles. The zero-order valence-electron chi connectivity index (χ0n) is 23.3. The van der Waals surface area contributed by atoms with Crippen molar-refractivity contribution in [2.45, 2.75) is 13.5 Å². The molecule has 0 saturated carbocycles. The van der Waals surface area contributed by atoms with Gasteiger partial charge in [0, 0.05) is 43.8 Å². The van der Waals surface area contributed by atoms with Gasteiger partial charge in [0.15, 0.2) is 5.69 Å². The first-order chi connectivity index (χ1) is 21.0. The van der Waals surface area contributed by atoms with Crippen LogP contribution in [0.15, 0.2) is 131 Å². The van der Waals surface area contributed by atoms with Gasteiger partial charge < -0.3 is 9.84 Å². The smallest absolute Gasteiger partial charge is 0.358 e. The lowest BCUT2D eigenvalue weighted by atomic mass is 10.2. The fourth-order valence-corrected chi connectivity index (χ4v) is 4.90. The zero-order valence-corrected chi connectivity index (χ0v) is 26.4. The maximum Gasteiger partial charge on any atom is 0.358 e. The molecule has 0 spiro atoms. The normalized spacial score (nSPS) is 10.6. The Hall–Kier alpha value is -4.31. The van der Waals surface area contributed by atoms with Gasteiger partial charge in [-0.1, -0.05) is 92.5 Å². The number of aliphatic hydroxyl groups excluding tert-OH is 1. The van der Waals surface area contributed by atoms with E-state index in [1.54, 1.807) is 13.1 Å². The highest BCUT2D eigenvalue weighted by Crippen LogP contribution is 2.25. The van der Waals surface area contributed by atoms with Gasteiger partial charge in [0.1, 0.15) is 11.6 Å². The molecular weight excluding hydrogens is 672 g/mol. The molecule has 0 aliphatic carbocycles. The second kappa shape index (κ2) is 14.2. The van der Waals surface area contributed by atoms with Crippen LogP contribution in [-0.2, 0) is 11.3 Å². The van der Waals surface area contributed by atoms with Crippen molar-refractivity contribution in [1.29, 1.82) is 0 Å². The highest BCUT2D eigenvalue weighted by Gasteiger charge is 2.17. The number of aromatic nitrogens is 4. The van der Waals surface area contributed by atoms with Crippen LogP contribution >= 0.6 is 31.9 Å². The molecule has 0 bridgehead atoms. The number of benzene rings is 4. The average Bonchev–Trinajstić information content (AvgIpc) is 3.69. The Morgan fingerprint density at radius 3 is 1.63 bits per heavy atom. The van der Waals surface area contributed by atoms with Crippen LogP contribution in [-0.4, -0.2) is 36.8 Å². The highest BCUT2D eigenvalue weighted by atomic mass is 79.9. The summed E-state index contributed by atoms with van der Waals surface area (Å²) in [5, 5.41) is 9.33. The van der Waals surface area contributed by atoms with E-state index in [-0.39, 0.29) is 6.61 Å². The predicted molar refractivity (Wildman–Crippen MR) is 175 cm³/mol. The predicted octanol–water partition coefficient (Wildman–Crippen LogP) is 8.27. The minimum atomic E-state index is -0.416. The highest BCUT2D eigenvalue weighted by molar-refractivity contribution is 9.10. The van der Waals surface area contributed by atoms with Crippen LogP contribution in [0, 0.1) is 0 Å². The third kappa shape index (κ3) is 7.37. The van der Waals surface area contributed by atoms with Crippen molar-refractivity contribution in [2.75, 3.05) is 6.61 Å². The Labute approximate surface area is 266 Å². The number of carbonyl (C=O) groups excluding carboxylic acids is 1. The van der Waals surface area contributed by atoms with Gasteiger partial charge in [-0.2, -0.15) is 0 Å². The summed E-state index contributed by atoms with van der Waals surface area (Å²) < 4.78 is 11.0. The second-order valence-electron chi connectivity index (χ2n) is 9.31. The van der Waals surface area contributed by atoms with Crippen LogP contribution in [0.4, 0.5) is 0 Å². The molecule has 6 rings (SSSR count). The number of nitrogens with zero attached hydrogens (tertiary/aromatic N) is 4. The number of hydrogen-bond acceptors (Lipinski definition) is 5. The molecule has 0 unspecified atom stereocenters. The van der Waals surface area contributed by atoms with Crippen molar-refractivity contribution >= 4 is 37.8 Å². The topological polar surface area (TPSA) is 82.2 Å². The van der Waals surface area contributed by atoms with Gasteiger partial charge in [-0.05, 0) is 55.5 Å². The largest absolute Gasteiger partial charge is 0.461 e. The van der Waals surface area contributed by atoms with Crippen molar-refractivity contribution in [3.8, 4) is 34.2 Å². The lowest BCUT2D eigenvalue weighted by Gasteiger charge is -2.07. The maximum atomic E-state index is 12.0. The van der Waals surface area contributed by atoms with Gasteiger partial charge in [-0.3, -0.25) is 9.13 Å². The molecule has 1 N–H and O–H groups in total. The first kappa shape index (κ1) is 30.2. The van der Waals surface area contributed by atoms with Crippen LogP contribution in [0.2, 0.25) is 0 Å². The van der Waals surface area contributed by atoms with E-state index < -0.39 is 5.97 Å². The Morgan fingerprint density at radius 1 is 0.698 bits per heavy atom. The first-order valence-corrected chi connectivity index (χ1v) is 15.1. The number of aliphatic hydroxyl groups is 1. The standard InChI is InChI=1S/C18H15BrN2O2.C16H13BrN2O/c1-2-23-18(22)16-12-21(15-10-8-14(19)9-11-15)17(20-16)13-6-4-3-5-7-13;17-13-6-8-15(9-7-13)19-10-14(11-20)18-16(19)12-4-2-1-3-5-12/h3-12H,2H2,1H3;1-10,20H,11H2. The number of rotatable bonds is 7. The van der Waals surface area contributed by atoms with Gasteiger partial charge in [0.05, 0.1) is 18.9 Å². The second-order valence-corrected chi connectivity index (χ2v) is 11.1. The molecule has 2 aromatic heterocycles. The molecule has 0 atom stereocenters. The number of halogens is 2. The van der Waals surface area contributed by atoms with E-state index in [1.807, 2.05) is 125 Å². The SMILES string of the molecule is CCOC(=O)c1cn(-c2ccc(Br)cc2)c(-c2ccccc2)n1.OCc1cn(-c2ccc(Br)cc2)c(-c2ccccc2)n1. The summed E-state index contributed by atoms with van der Waals surface area (Å²) in [5.74, 6) is 1.12. The average molecular weight is 700 g/mol. The molecule has 0 aliphatic rings. The molecule has 6 aromatic rings. The Balaban J connectivity index is 0.000000173. The van der Waals surface area contributed by atoms with E-state index in [4.69, 9.17) is 4.74 Å². The maximum absolute atomic E-state index is 12.0. The molecular formula is C34H28Br2N4O3. The van der Waals surface area contributed by atoms with E-state index in [2.05, 4.69) is 41.8 Å². The first-order valence-electron chi connectivity index (χ1n) is 13.5. The molecule has 43 heavy (non-hydrogen) atoms. The zero-order chi connectivity index (χ0) is 30.2. The monoisotopic (exact) mass is 698 g/mol. The third-order valence-corrected chi connectivity index (χ3v) is 7.44. The van der Waals surface area contributed by atoms with E-state index >= 15 is 0 Å². The van der Waals surface area contributed by atoms with Crippen molar-refractivity contribution in [3.63, 3.8) is 0 Å². The summed E-state index contributed by atoms with van der Waals surface area (Å²) in [6.07, 6.45) is 3.58. The van der Waals surface area contributed by atoms with E-state index in [0.717, 1.165) is 37.3 Å². The van der Waals surface area contributed by atoms with Gasteiger partial charge in [-0.25, -0.2) is 14.8 Å². The van der Waals surface area contributed by atoms with Gasteiger partial charge >= 0.3 is 5.97 Å². The summed E-state index contributed by atoms with van der Waals surface area (Å²) in [4.78, 5) is 21.0. The fraction of sp³-hybridized carbons (Fsp3) is 0.0882. The number of carbonyl (C=O) groups is 1. The molecule has 216 valence electrons. The number of hydrogen-bond donors (Lipinski definition) is 1. The van der Waals surface area contributed by atoms with Crippen molar-refractivity contribution in [1.82, 2.24) is 19.1 Å².